The molecule has 5 nitrogen and oxygen atoms in total. The fourth-order valence-corrected chi connectivity index (χ4v) is 1.17. The quantitative estimate of drug-likeness (QED) is 0.482. The number of hydrogen-bond acceptors (Lipinski definition) is 4. The van der Waals surface area contributed by atoms with Gasteiger partial charge in [0.15, 0.2) is 0 Å². The number of allylic oxidation sites excluding steroid dienone is 1. The minimum atomic E-state index is -0.400. The van der Waals surface area contributed by atoms with Crippen molar-refractivity contribution in [3.63, 3.8) is 0 Å². The summed E-state index contributed by atoms with van der Waals surface area (Å²) in [4.78, 5) is 14.4. The Morgan fingerprint density at radius 3 is 2.88 bits per heavy atom. The molecule has 0 unspecified atom stereocenters. The molecule has 1 N–H and O–H groups in total. The molecule has 1 rings (SSSR count). The van der Waals surface area contributed by atoms with Gasteiger partial charge in [0.05, 0.1) is 11.0 Å². The Morgan fingerprint density at radius 1 is 1.62 bits per heavy atom. The van der Waals surface area contributed by atoms with Crippen LogP contribution in [0.3, 0.4) is 0 Å². The van der Waals surface area contributed by atoms with Crippen molar-refractivity contribution >= 4 is 11.5 Å². The molecule has 16 heavy (non-hydrogen) atoms. The van der Waals surface area contributed by atoms with E-state index in [-0.39, 0.29) is 5.69 Å². The predicted octanol–water partition coefficient (Wildman–Crippen LogP) is 2.68. The molecule has 0 aliphatic rings. The van der Waals surface area contributed by atoms with Crippen LogP contribution in [0.1, 0.15) is 19.4 Å². The molecular formula is C11H15N3O2. The Hall–Kier alpha value is -1.91. The number of nitro groups is 1. The summed E-state index contributed by atoms with van der Waals surface area (Å²) in [5.74, 6) is 0.523. The smallest absolute Gasteiger partial charge is 0.277 e. The first-order valence-electron chi connectivity index (χ1n) is 4.99. The van der Waals surface area contributed by atoms with Crippen molar-refractivity contribution in [3.05, 3.63) is 39.6 Å². The molecule has 0 aromatic carbocycles. The van der Waals surface area contributed by atoms with Crippen LogP contribution in [0.5, 0.6) is 0 Å². The molecule has 1 aromatic heterocycles. The van der Waals surface area contributed by atoms with Gasteiger partial charge in [0.25, 0.3) is 5.69 Å². The summed E-state index contributed by atoms with van der Waals surface area (Å²) < 4.78 is 0. The molecule has 0 saturated carbocycles. The third-order valence-corrected chi connectivity index (χ3v) is 2.06. The van der Waals surface area contributed by atoms with Crippen molar-refractivity contribution in [3.8, 4) is 0 Å². The molecule has 0 amide bonds. The number of rotatable bonds is 4. The van der Waals surface area contributed by atoms with Crippen LogP contribution in [0.2, 0.25) is 0 Å². The van der Waals surface area contributed by atoms with Gasteiger partial charge < -0.3 is 5.32 Å². The highest BCUT2D eigenvalue weighted by Crippen LogP contribution is 2.19. The van der Waals surface area contributed by atoms with E-state index in [0.717, 1.165) is 0 Å². The third kappa shape index (κ3) is 3.34. The van der Waals surface area contributed by atoms with Crippen molar-refractivity contribution in [1.29, 1.82) is 0 Å². The van der Waals surface area contributed by atoms with Crippen molar-refractivity contribution in [1.82, 2.24) is 4.98 Å². The van der Waals surface area contributed by atoms with E-state index < -0.39 is 4.92 Å². The van der Waals surface area contributed by atoms with E-state index in [0.29, 0.717) is 17.9 Å². The zero-order valence-electron chi connectivity index (χ0n) is 9.65. The van der Waals surface area contributed by atoms with E-state index >= 15 is 0 Å². The molecule has 0 spiro atoms. The molecule has 1 aromatic rings. The summed E-state index contributed by atoms with van der Waals surface area (Å²) in [5, 5.41) is 13.7. The minimum absolute atomic E-state index is 0.0923. The molecular weight excluding hydrogens is 206 g/mol. The average molecular weight is 221 g/mol. The minimum Gasteiger partial charge on any atom is -0.366 e. The van der Waals surface area contributed by atoms with Gasteiger partial charge in [-0.25, -0.2) is 4.98 Å². The van der Waals surface area contributed by atoms with E-state index in [9.17, 15) is 10.1 Å². The first-order valence-corrected chi connectivity index (χ1v) is 4.99. The number of pyridine rings is 1. The Kier molecular flexibility index (Phi) is 3.99. The lowest BCUT2D eigenvalue weighted by Gasteiger charge is -2.03. The van der Waals surface area contributed by atoms with Crippen LogP contribution < -0.4 is 5.32 Å². The lowest BCUT2D eigenvalue weighted by atomic mass is 10.2. The van der Waals surface area contributed by atoms with Gasteiger partial charge in [-0.2, -0.15) is 0 Å². The Balaban J connectivity index is 2.79. The van der Waals surface area contributed by atoms with Gasteiger partial charge >= 0.3 is 0 Å². The van der Waals surface area contributed by atoms with Gasteiger partial charge in [0.2, 0.25) is 0 Å². The zero-order valence-corrected chi connectivity index (χ0v) is 9.65. The first-order chi connectivity index (χ1) is 7.50. The fourth-order valence-electron chi connectivity index (χ4n) is 1.17. The van der Waals surface area contributed by atoms with E-state index in [2.05, 4.69) is 10.3 Å². The maximum Gasteiger partial charge on any atom is 0.277 e. The topological polar surface area (TPSA) is 68.1 Å². The first kappa shape index (κ1) is 12.2. The summed E-state index contributed by atoms with van der Waals surface area (Å²) in [6, 6.07) is 1.45. The van der Waals surface area contributed by atoms with E-state index in [1.165, 1.54) is 17.8 Å². The SMILES string of the molecule is CC(C)=CCNc1cc([N+](=O)[O-])c(C)cn1. The zero-order chi connectivity index (χ0) is 12.1. The maximum absolute atomic E-state index is 10.7. The molecule has 0 saturated heterocycles. The second-order valence-corrected chi connectivity index (χ2v) is 3.78. The van der Waals surface area contributed by atoms with E-state index in [1.54, 1.807) is 6.92 Å². The number of anilines is 1. The van der Waals surface area contributed by atoms with Gasteiger partial charge in [-0.05, 0) is 20.8 Å². The lowest BCUT2D eigenvalue weighted by molar-refractivity contribution is -0.385. The second-order valence-electron chi connectivity index (χ2n) is 3.78. The van der Waals surface area contributed by atoms with Crippen LogP contribution >= 0.6 is 0 Å². The van der Waals surface area contributed by atoms with Crippen molar-refractivity contribution < 1.29 is 4.92 Å². The van der Waals surface area contributed by atoms with Gasteiger partial charge in [-0.3, -0.25) is 10.1 Å². The number of aromatic nitrogens is 1. The highest BCUT2D eigenvalue weighted by molar-refractivity contribution is 5.49. The van der Waals surface area contributed by atoms with Crippen LogP contribution in [-0.4, -0.2) is 16.5 Å². The van der Waals surface area contributed by atoms with Gasteiger partial charge in [-0.1, -0.05) is 11.6 Å². The molecule has 0 radical (unpaired) electrons. The molecule has 1 heterocycles. The van der Waals surface area contributed by atoms with Crippen LogP contribution in [0, 0.1) is 17.0 Å². The van der Waals surface area contributed by atoms with Crippen LogP contribution in [0.4, 0.5) is 11.5 Å². The summed E-state index contributed by atoms with van der Waals surface area (Å²) in [7, 11) is 0. The lowest BCUT2D eigenvalue weighted by Crippen LogP contribution is -2.02. The Bertz CT molecular complexity index is 423. The molecule has 0 fully saturated rings. The highest BCUT2D eigenvalue weighted by atomic mass is 16.6. The summed E-state index contributed by atoms with van der Waals surface area (Å²) in [5.41, 5.74) is 1.85. The van der Waals surface area contributed by atoms with E-state index in [1.807, 2.05) is 19.9 Å². The monoisotopic (exact) mass is 221 g/mol. The van der Waals surface area contributed by atoms with Crippen molar-refractivity contribution in [2.75, 3.05) is 11.9 Å². The predicted molar refractivity (Wildman–Crippen MR) is 63.5 cm³/mol. The Morgan fingerprint density at radius 2 is 2.31 bits per heavy atom. The number of aryl methyl sites for hydroxylation is 1. The fraction of sp³-hybridized carbons (Fsp3) is 0.364. The van der Waals surface area contributed by atoms with Crippen LogP contribution in [-0.2, 0) is 0 Å². The van der Waals surface area contributed by atoms with Crippen molar-refractivity contribution in [2.45, 2.75) is 20.8 Å². The molecule has 0 atom stereocenters. The van der Waals surface area contributed by atoms with Crippen LogP contribution in [0.15, 0.2) is 23.9 Å². The molecule has 0 aliphatic heterocycles. The molecule has 0 bridgehead atoms. The second kappa shape index (κ2) is 5.25. The maximum atomic E-state index is 10.7. The number of hydrogen-bond donors (Lipinski definition) is 1. The highest BCUT2D eigenvalue weighted by Gasteiger charge is 2.11. The summed E-state index contributed by atoms with van der Waals surface area (Å²) in [6.07, 6.45) is 3.50. The number of nitrogens with one attached hydrogen (secondary N) is 1. The van der Waals surface area contributed by atoms with E-state index in [4.69, 9.17) is 0 Å². The van der Waals surface area contributed by atoms with Crippen LogP contribution in [0.25, 0.3) is 0 Å². The van der Waals surface area contributed by atoms with Gasteiger partial charge in [-0.15, -0.1) is 0 Å². The summed E-state index contributed by atoms with van der Waals surface area (Å²) >= 11 is 0. The normalized spacial score (nSPS) is 9.69. The molecule has 86 valence electrons. The average Bonchev–Trinajstić information content (AvgIpc) is 2.19. The Labute approximate surface area is 94.4 Å². The molecule has 0 aliphatic carbocycles. The van der Waals surface area contributed by atoms with Crippen molar-refractivity contribution in [2.24, 2.45) is 0 Å². The molecule has 5 heteroatoms. The third-order valence-electron chi connectivity index (χ3n) is 2.06. The van der Waals surface area contributed by atoms with Gasteiger partial charge in [0.1, 0.15) is 5.82 Å². The largest absolute Gasteiger partial charge is 0.366 e. The number of nitrogens with zero attached hydrogens (tertiary/aromatic N) is 2. The van der Waals surface area contributed by atoms with Gasteiger partial charge in [0, 0.05) is 18.3 Å². The standard InChI is InChI=1S/C11H15N3O2/c1-8(2)4-5-12-11-6-10(14(15)16)9(3)7-13-11/h4,6-7H,5H2,1-3H3,(H,12,13). The summed E-state index contributed by atoms with van der Waals surface area (Å²) in [6.45, 7) is 6.28.